The normalized spacial score (nSPS) is 18.4. The zero-order chi connectivity index (χ0) is 22.0. The smallest absolute Gasteiger partial charge is 0.340 e. The van der Waals surface area contributed by atoms with Crippen LogP contribution < -0.4 is 0 Å². The van der Waals surface area contributed by atoms with Crippen molar-refractivity contribution < 1.29 is 23.1 Å². The van der Waals surface area contributed by atoms with Crippen LogP contribution in [0.25, 0.3) is 0 Å². The summed E-state index contributed by atoms with van der Waals surface area (Å²) in [5, 5.41) is 10.1. The Morgan fingerprint density at radius 1 is 1.13 bits per heavy atom. The lowest BCUT2D eigenvalue weighted by Gasteiger charge is -2.27. The summed E-state index contributed by atoms with van der Waals surface area (Å²) < 4.78 is 33.6. The van der Waals surface area contributed by atoms with Gasteiger partial charge in [0.05, 0.1) is 12.7 Å². The zero-order valence-corrected chi connectivity index (χ0v) is 19.3. The van der Waals surface area contributed by atoms with Crippen LogP contribution in [-0.2, 0) is 34.3 Å². The highest BCUT2D eigenvalue weighted by atomic mass is 32.2. The van der Waals surface area contributed by atoms with Gasteiger partial charge in [-0.25, -0.2) is 13.2 Å². The van der Waals surface area contributed by atoms with E-state index in [2.05, 4.69) is 4.90 Å². The maximum absolute atomic E-state index is 13.5. The van der Waals surface area contributed by atoms with Crippen LogP contribution >= 0.6 is 11.3 Å². The molecular weight excluding hydrogens is 436 g/mol. The lowest BCUT2D eigenvalue weighted by Crippen LogP contribution is -2.32. The second-order valence-corrected chi connectivity index (χ2v) is 11.3. The van der Waals surface area contributed by atoms with Gasteiger partial charge in [-0.1, -0.05) is 31.0 Å². The summed E-state index contributed by atoms with van der Waals surface area (Å²) in [5.74, 6) is -0.334. The monoisotopic (exact) mass is 464 g/mol. The fourth-order valence-electron chi connectivity index (χ4n) is 4.34. The molecule has 3 heterocycles. The molecule has 1 aromatic heterocycles. The van der Waals surface area contributed by atoms with E-state index in [1.165, 1.54) is 22.8 Å². The highest BCUT2D eigenvalue weighted by molar-refractivity contribution is 7.91. The van der Waals surface area contributed by atoms with Crippen LogP contribution in [0.5, 0.6) is 5.75 Å². The van der Waals surface area contributed by atoms with E-state index in [1.54, 1.807) is 12.1 Å². The van der Waals surface area contributed by atoms with E-state index in [-0.39, 0.29) is 15.5 Å². The minimum Gasteiger partial charge on any atom is -0.508 e. The molecule has 0 atom stereocenters. The number of nitrogens with zero attached hydrogens (tertiary/aromatic N) is 2. The Bertz CT molecular complexity index is 1060. The number of ether oxygens (including phenoxy) is 1. The van der Waals surface area contributed by atoms with Crippen molar-refractivity contribution in [1.82, 2.24) is 9.21 Å². The minimum atomic E-state index is -3.76. The Balaban J connectivity index is 1.66. The molecule has 31 heavy (non-hydrogen) atoms. The van der Waals surface area contributed by atoms with E-state index in [9.17, 15) is 18.3 Å². The van der Waals surface area contributed by atoms with E-state index < -0.39 is 16.0 Å². The first-order valence-corrected chi connectivity index (χ1v) is 12.9. The number of para-hydroxylation sites is 1. The molecule has 168 valence electrons. The van der Waals surface area contributed by atoms with E-state index >= 15 is 0 Å². The topological polar surface area (TPSA) is 87.2 Å². The summed E-state index contributed by atoms with van der Waals surface area (Å²) >= 11 is 1.20. The van der Waals surface area contributed by atoms with Crippen LogP contribution in [0.1, 0.15) is 52.0 Å². The van der Waals surface area contributed by atoms with Gasteiger partial charge in [0.25, 0.3) is 10.0 Å². The molecule has 1 saturated heterocycles. The highest BCUT2D eigenvalue weighted by Gasteiger charge is 2.37. The lowest BCUT2D eigenvalue weighted by atomic mass is 10.0. The molecule has 9 heteroatoms. The number of sulfonamides is 1. The molecule has 0 saturated carbocycles. The summed E-state index contributed by atoms with van der Waals surface area (Å²) in [5.41, 5.74) is 1.83. The van der Waals surface area contributed by atoms with Gasteiger partial charge in [-0.2, -0.15) is 4.31 Å². The van der Waals surface area contributed by atoms with Crippen molar-refractivity contribution in [3.05, 3.63) is 45.8 Å². The number of hydrogen-bond donors (Lipinski definition) is 1. The number of carbonyl (C=O) groups is 1. The predicted molar refractivity (Wildman–Crippen MR) is 119 cm³/mol. The Kier molecular flexibility index (Phi) is 6.66. The van der Waals surface area contributed by atoms with Gasteiger partial charge < -0.3 is 9.84 Å². The number of fused-ring (bicyclic) bond motifs is 1. The molecule has 1 N–H and O–H groups in total. The van der Waals surface area contributed by atoms with E-state index in [0.29, 0.717) is 39.1 Å². The summed E-state index contributed by atoms with van der Waals surface area (Å²) in [4.78, 5) is 15.7. The van der Waals surface area contributed by atoms with Crippen LogP contribution in [0.4, 0.5) is 0 Å². The molecule has 0 amide bonds. The van der Waals surface area contributed by atoms with Gasteiger partial charge in [-0.3, -0.25) is 4.90 Å². The first kappa shape index (κ1) is 22.3. The summed E-state index contributed by atoms with van der Waals surface area (Å²) in [6.45, 7) is 2.75. The number of rotatable bonds is 5. The van der Waals surface area contributed by atoms with E-state index in [4.69, 9.17) is 4.74 Å². The second-order valence-electron chi connectivity index (χ2n) is 8.07. The maximum Gasteiger partial charge on any atom is 0.340 e. The van der Waals surface area contributed by atoms with Gasteiger partial charge in [0.1, 0.15) is 9.96 Å². The van der Waals surface area contributed by atoms with E-state index in [0.717, 1.165) is 41.7 Å². The molecule has 7 nitrogen and oxygen atoms in total. The van der Waals surface area contributed by atoms with Crippen LogP contribution in [0, 0.1) is 0 Å². The molecule has 0 radical (unpaired) electrons. The summed E-state index contributed by atoms with van der Waals surface area (Å²) in [7, 11) is -2.46. The molecule has 0 bridgehead atoms. The zero-order valence-electron chi connectivity index (χ0n) is 17.7. The van der Waals surface area contributed by atoms with Gasteiger partial charge in [0.2, 0.25) is 0 Å². The van der Waals surface area contributed by atoms with E-state index in [1.807, 2.05) is 12.1 Å². The van der Waals surface area contributed by atoms with Crippen molar-refractivity contribution in [3.8, 4) is 5.75 Å². The van der Waals surface area contributed by atoms with Gasteiger partial charge in [0.15, 0.2) is 0 Å². The van der Waals surface area contributed by atoms with Crippen molar-refractivity contribution >= 4 is 27.3 Å². The van der Waals surface area contributed by atoms with Crippen LogP contribution in [0.15, 0.2) is 28.5 Å². The molecular formula is C22H28N2O5S2. The molecule has 2 aromatic rings. The van der Waals surface area contributed by atoms with Crippen molar-refractivity contribution in [2.45, 2.75) is 49.4 Å². The highest BCUT2D eigenvalue weighted by Crippen LogP contribution is 2.39. The number of benzene rings is 1. The first-order chi connectivity index (χ1) is 14.9. The van der Waals surface area contributed by atoms with Gasteiger partial charge >= 0.3 is 5.97 Å². The fraction of sp³-hybridized carbons (Fsp3) is 0.500. The maximum atomic E-state index is 13.5. The second kappa shape index (κ2) is 9.28. The summed E-state index contributed by atoms with van der Waals surface area (Å²) in [6, 6.07) is 7.22. The first-order valence-electron chi connectivity index (χ1n) is 10.6. The number of thiophene rings is 1. The Morgan fingerprint density at radius 3 is 2.52 bits per heavy atom. The van der Waals surface area contributed by atoms with Gasteiger partial charge in [-0.05, 0) is 30.9 Å². The Labute approximate surface area is 187 Å². The third-order valence-corrected chi connectivity index (χ3v) is 9.63. The number of hydrogen-bond acceptors (Lipinski definition) is 7. The van der Waals surface area contributed by atoms with Crippen LogP contribution in [0.3, 0.4) is 0 Å². The predicted octanol–water partition coefficient (Wildman–Crippen LogP) is 3.36. The molecule has 0 unspecified atom stereocenters. The number of aromatic hydroxyl groups is 1. The summed E-state index contributed by atoms with van der Waals surface area (Å²) in [6.07, 6.45) is 4.30. The third kappa shape index (κ3) is 4.50. The molecule has 2 aliphatic rings. The Morgan fingerprint density at radius 2 is 1.84 bits per heavy atom. The van der Waals surface area contributed by atoms with Gasteiger partial charge in [-0.15, -0.1) is 11.3 Å². The molecule has 2 aliphatic heterocycles. The van der Waals surface area contributed by atoms with Crippen molar-refractivity contribution in [2.24, 2.45) is 0 Å². The number of methoxy groups -OCH3 is 1. The number of esters is 1. The molecule has 0 spiro atoms. The largest absolute Gasteiger partial charge is 0.508 e. The van der Waals surface area contributed by atoms with Gasteiger partial charge in [0, 0.05) is 43.2 Å². The lowest BCUT2D eigenvalue weighted by molar-refractivity contribution is 0.0595. The number of carbonyl (C=O) groups excluding carboxylic acids is 1. The van der Waals surface area contributed by atoms with Crippen molar-refractivity contribution in [2.75, 3.05) is 26.7 Å². The standard InChI is InChI=1S/C22H28N2O5S2/c1-29-21(26)20-17-10-13-23(14-16-8-4-5-9-18(16)25)15-19(17)30-22(20)31(27,28)24-11-6-2-3-7-12-24/h4-5,8-9,25H,2-3,6-7,10-15H2,1H3. The molecule has 0 aliphatic carbocycles. The quantitative estimate of drug-likeness (QED) is 0.683. The average molecular weight is 465 g/mol. The average Bonchev–Trinajstić information content (AvgIpc) is 2.94. The fourth-order valence-corrected chi connectivity index (χ4v) is 7.93. The molecule has 1 aromatic carbocycles. The van der Waals surface area contributed by atoms with Crippen LogP contribution in [-0.4, -0.2) is 55.4 Å². The number of phenols is 1. The SMILES string of the molecule is COC(=O)c1c(S(=O)(=O)N2CCCCCC2)sc2c1CCN(Cc1ccccc1O)C2. The third-order valence-electron chi connectivity index (χ3n) is 6.02. The molecule has 1 fully saturated rings. The minimum absolute atomic E-state index is 0.121. The Hall–Kier alpha value is -1.94. The van der Waals surface area contributed by atoms with Crippen LogP contribution in [0.2, 0.25) is 0 Å². The molecule has 4 rings (SSSR count). The number of phenolic OH excluding ortho intramolecular Hbond substituents is 1. The van der Waals surface area contributed by atoms with Crippen molar-refractivity contribution in [1.29, 1.82) is 0 Å². The van der Waals surface area contributed by atoms with Crippen molar-refractivity contribution in [3.63, 3.8) is 0 Å².